The maximum atomic E-state index is 13.4. The Kier molecular flexibility index (Phi) is 4.56. The van der Waals surface area contributed by atoms with Gasteiger partial charge in [0.25, 0.3) is 0 Å². The van der Waals surface area contributed by atoms with E-state index in [2.05, 4.69) is 0 Å². The first kappa shape index (κ1) is 16.8. The second kappa shape index (κ2) is 6.80. The summed E-state index contributed by atoms with van der Waals surface area (Å²) in [6.07, 6.45) is 0. The van der Waals surface area contributed by atoms with Crippen molar-refractivity contribution in [3.63, 3.8) is 0 Å². The number of carbonyl (C=O) groups excluding carboxylic acids is 1. The molecule has 1 aromatic heterocycles. The number of para-hydroxylation sites is 2. The van der Waals surface area contributed by atoms with Gasteiger partial charge in [-0.15, -0.1) is 0 Å². The van der Waals surface area contributed by atoms with Crippen LogP contribution in [-0.2, 0) is 16.1 Å². The van der Waals surface area contributed by atoms with Crippen LogP contribution in [-0.4, -0.2) is 17.6 Å². The van der Waals surface area contributed by atoms with Gasteiger partial charge in [-0.3, -0.25) is 4.57 Å². The molecule has 0 amide bonds. The molecule has 0 bridgehead atoms. The van der Waals surface area contributed by atoms with Gasteiger partial charge in [0.15, 0.2) is 5.58 Å². The van der Waals surface area contributed by atoms with Gasteiger partial charge in [0, 0.05) is 5.56 Å². The maximum absolute atomic E-state index is 13.4. The minimum atomic E-state index is -0.893. The highest BCUT2D eigenvalue weighted by molar-refractivity contribution is 5.79. The highest BCUT2D eigenvalue weighted by Crippen LogP contribution is 2.22. The topological polar surface area (TPSA) is 70.7 Å². The number of benzene rings is 2. The second-order valence-corrected chi connectivity index (χ2v) is 5.45. The van der Waals surface area contributed by atoms with E-state index in [9.17, 15) is 14.0 Å². The van der Waals surface area contributed by atoms with Gasteiger partial charge in [0.1, 0.15) is 24.2 Å². The third-order valence-electron chi connectivity index (χ3n) is 3.86. The van der Waals surface area contributed by atoms with E-state index in [0.717, 1.165) is 0 Å². The fraction of sp³-hybridized carbons (Fsp3) is 0.222. The zero-order chi connectivity index (χ0) is 18.0. The number of hydrogen-bond acceptors (Lipinski definition) is 5. The SMILES string of the molecule is COc1ccc(F)cc1COC(=O)C(C)n1c(=O)oc2ccccc21. The molecule has 0 aliphatic carbocycles. The van der Waals surface area contributed by atoms with Crippen LogP contribution in [0.1, 0.15) is 18.5 Å². The minimum absolute atomic E-state index is 0.172. The zero-order valence-electron chi connectivity index (χ0n) is 13.7. The van der Waals surface area contributed by atoms with Crippen LogP contribution in [0.3, 0.4) is 0 Å². The number of ether oxygens (including phenoxy) is 2. The Balaban J connectivity index is 1.80. The minimum Gasteiger partial charge on any atom is -0.496 e. The molecule has 0 aliphatic heterocycles. The van der Waals surface area contributed by atoms with Crippen molar-refractivity contribution < 1.29 is 23.1 Å². The first-order valence-electron chi connectivity index (χ1n) is 7.60. The predicted molar refractivity (Wildman–Crippen MR) is 87.9 cm³/mol. The summed E-state index contributed by atoms with van der Waals surface area (Å²) in [6.45, 7) is 1.36. The standard InChI is InChI=1S/C18H16FNO5/c1-11(20-14-5-3-4-6-16(14)25-18(20)22)17(21)24-10-12-9-13(19)7-8-15(12)23-2/h3-9,11H,10H2,1-2H3. The van der Waals surface area contributed by atoms with Crippen LogP contribution in [0.25, 0.3) is 11.1 Å². The summed E-state index contributed by atoms with van der Waals surface area (Å²) >= 11 is 0. The molecule has 7 heteroatoms. The number of nitrogens with zero attached hydrogens (tertiary/aromatic N) is 1. The highest BCUT2D eigenvalue weighted by atomic mass is 19.1. The Morgan fingerprint density at radius 1 is 1.28 bits per heavy atom. The van der Waals surface area contributed by atoms with E-state index >= 15 is 0 Å². The van der Waals surface area contributed by atoms with E-state index < -0.39 is 23.6 Å². The fourth-order valence-electron chi connectivity index (χ4n) is 2.59. The Morgan fingerprint density at radius 3 is 2.80 bits per heavy atom. The van der Waals surface area contributed by atoms with Crippen molar-refractivity contribution in [1.29, 1.82) is 0 Å². The number of aromatic nitrogens is 1. The van der Waals surface area contributed by atoms with E-state index in [-0.39, 0.29) is 6.61 Å². The third-order valence-corrected chi connectivity index (χ3v) is 3.86. The molecule has 0 aliphatic rings. The number of halogens is 1. The van der Waals surface area contributed by atoms with Crippen LogP contribution in [0.5, 0.6) is 5.75 Å². The van der Waals surface area contributed by atoms with Crippen molar-refractivity contribution in [2.24, 2.45) is 0 Å². The lowest BCUT2D eigenvalue weighted by Gasteiger charge is -2.14. The second-order valence-electron chi connectivity index (χ2n) is 5.45. The maximum Gasteiger partial charge on any atom is 0.420 e. The average Bonchev–Trinajstić information content (AvgIpc) is 2.94. The zero-order valence-corrected chi connectivity index (χ0v) is 13.7. The quantitative estimate of drug-likeness (QED) is 0.665. The van der Waals surface area contributed by atoms with Gasteiger partial charge in [0.05, 0.1) is 12.6 Å². The van der Waals surface area contributed by atoms with Crippen molar-refractivity contribution in [3.8, 4) is 5.75 Å². The van der Waals surface area contributed by atoms with Crippen LogP contribution in [0.4, 0.5) is 4.39 Å². The summed E-state index contributed by atoms with van der Waals surface area (Å²) in [4.78, 5) is 24.4. The summed E-state index contributed by atoms with van der Waals surface area (Å²) < 4.78 is 30.0. The van der Waals surface area contributed by atoms with Crippen LogP contribution >= 0.6 is 0 Å². The monoisotopic (exact) mass is 345 g/mol. The molecule has 25 heavy (non-hydrogen) atoms. The van der Waals surface area contributed by atoms with Gasteiger partial charge >= 0.3 is 11.7 Å². The lowest BCUT2D eigenvalue weighted by Crippen LogP contribution is -2.26. The number of esters is 1. The van der Waals surface area contributed by atoms with Crippen molar-refractivity contribution in [2.45, 2.75) is 19.6 Å². The molecule has 1 unspecified atom stereocenters. The number of hydrogen-bond donors (Lipinski definition) is 0. The molecule has 0 N–H and O–H groups in total. The first-order valence-corrected chi connectivity index (χ1v) is 7.60. The highest BCUT2D eigenvalue weighted by Gasteiger charge is 2.23. The summed E-state index contributed by atoms with van der Waals surface area (Å²) in [6, 6.07) is 9.84. The number of fused-ring (bicyclic) bond motifs is 1. The average molecular weight is 345 g/mol. The number of methoxy groups -OCH3 is 1. The molecule has 0 fully saturated rings. The van der Waals surface area contributed by atoms with E-state index in [4.69, 9.17) is 13.9 Å². The Morgan fingerprint density at radius 2 is 2.04 bits per heavy atom. The molecule has 6 nitrogen and oxygen atoms in total. The molecule has 0 saturated heterocycles. The first-order chi connectivity index (χ1) is 12.0. The van der Waals surface area contributed by atoms with E-state index in [1.165, 1.54) is 36.8 Å². The fourth-order valence-corrected chi connectivity index (χ4v) is 2.59. The molecule has 3 rings (SSSR count). The summed E-state index contributed by atoms with van der Waals surface area (Å²) in [5.41, 5.74) is 1.28. The van der Waals surface area contributed by atoms with Crippen molar-refractivity contribution in [3.05, 3.63) is 64.4 Å². The van der Waals surface area contributed by atoms with Crippen LogP contribution in [0.15, 0.2) is 51.7 Å². The Bertz CT molecular complexity index is 975. The lowest BCUT2D eigenvalue weighted by molar-refractivity contribution is -0.148. The van der Waals surface area contributed by atoms with Gasteiger partial charge in [-0.2, -0.15) is 0 Å². The van der Waals surface area contributed by atoms with E-state index in [1.54, 1.807) is 24.3 Å². The van der Waals surface area contributed by atoms with Crippen LogP contribution < -0.4 is 10.5 Å². The molecule has 0 saturated carbocycles. The molecule has 2 aromatic carbocycles. The molecular formula is C18H16FNO5. The number of oxazole rings is 1. The van der Waals surface area contributed by atoms with Gasteiger partial charge in [-0.1, -0.05) is 12.1 Å². The van der Waals surface area contributed by atoms with Gasteiger partial charge in [-0.25, -0.2) is 14.0 Å². The van der Waals surface area contributed by atoms with Crippen molar-refractivity contribution in [2.75, 3.05) is 7.11 Å². The third kappa shape index (κ3) is 3.26. The number of rotatable bonds is 5. The van der Waals surface area contributed by atoms with Crippen LogP contribution in [0.2, 0.25) is 0 Å². The van der Waals surface area contributed by atoms with Gasteiger partial charge < -0.3 is 13.9 Å². The molecular weight excluding hydrogens is 329 g/mol. The molecule has 0 spiro atoms. The Labute approximate surface area is 142 Å². The predicted octanol–water partition coefficient (Wildman–Crippen LogP) is 3.05. The molecule has 0 radical (unpaired) electrons. The molecule has 1 heterocycles. The van der Waals surface area contributed by atoms with E-state index in [0.29, 0.717) is 22.4 Å². The molecule has 1 atom stereocenters. The summed E-state index contributed by atoms with van der Waals surface area (Å²) in [5, 5.41) is 0. The lowest BCUT2D eigenvalue weighted by atomic mass is 10.2. The van der Waals surface area contributed by atoms with Crippen molar-refractivity contribution >= 4 is 17.1 Å². The largest absolute Gasteiger partial charge is 0.496 e. The van der Waals surface area contributed by atoms with E-state index in [1.807, 2.05) is 0 Å². The van der Waals surface area contributed by atoms with Crippen molar-refractivity contribution in [1.82, 2.24) is 4.57 Å². The number of carbonyl (C=O) groups is 1. The summed E-state index contributed by atoms with van der Waals surface area (Å²) in [5.74, 6) is -1.33. The molecule has 3 aromatic rings. The smallest absolute Gasteiger partial charge is 0.420 e. The van der Waals surface area contributed by atoms with Crippen LogP contribution in [0, 0.1) is 5.82 Å². The summed E-state index contributed by atoms with van der Waals surface area (Å²) in [7, 11) is 1.44. The molecule has 130 valence electrons. The van der Waals surface area contributed by atoms with Gasteiger partial charge in [-0.05, 0) is 37.3 Å². The normalized spacial score (nSPS) is 12.1. The Hall–Kier alpha value is -3.09. The van der Waals surface area contributed by atoms with Gasteiger partial charge in [0.2, 0.25) is 0 Å².